The molecular formula is C16H12O3. The number of benzene rings is 2. The Morgan fingerprint density at radius 2 is 1.89 bits per heavy atom. The number of phenols is 1. The van der Waals surface area contributed by atoms with E-state index in [0.29, 0.717) is 16.5 Å². The zero-order chi connectivity index (χ0) is 13.4. The van der Waals surface area contributed by atoms with Crippen LogP contribution in [0, 0.1) is 6.92 Å². The third-order valence-corrected chi connectivity index (χ3v) is 3.04. The summed E-state index contributed by atoms with van der Waals surface area (Å²) < 4.78 is 5.28. The maximum Gasteiger partial charge on any atom is 0.344 e. The number of aromatic hydroxyl groups is 1. The van der Waals surface area contributed by atoms with Crippen molar-refractivity contribution in [1.82, 2.24) is 0 Å². The van der Waals surface area contributed by atoms with Crippen LogP contribution in [-0.4, -0.2) is 5.11 Å². The van der Waals surface area contributed by atoms with E-state index in [-0.39, 0.29) is 11.4 Å². The second kappa shape index (κ2) is 4.28. The Bertz CT molecular complexity index is 816. The molecule has 94 valence electrons. The van der Waals surface area contributed by atoms with Crippen LogP contribution in [0.25, 0.3) is 22.1 Å². The Kier molecular flexibility index (Phi) is 2.60. The van der Waals surface area contributed by atoms with E-state index >= 15 is 0 Å². The van der Waals surface area contributed by atoms with Gasteiger partial charge < -0.3 is 9.52 Å². The summed E-state index contributed by atoms with van der Waals surface area (Å²) in [6.07, 6.45) is 0. The number of rotatable bonds is 1. The number of hydrogen-bond donors (Lipinski definition) is 1. The van der Waals surface area contributed by atoms with Gasteiger partial charge in [-0.15, -0.1) is 0 Å². The molecule has 0 spiro atoms. The zero-order valence-electron chi connectivity index (χ0n) is 10.4. The fourth-order valence-electron chi connectivity index (χ4n) is 2.12. The predicted octanol–water partition coefficient (Wildman–Crippen LogP) is 3.47. The average molecular weight is 252 g/mol. The fraction of sp³-hybridized carbons (Fsp3) is 0.0625. The molecule has 3 nitrogen and oxygen atoms in total. The molecule has 3 rings (SSSR count). The van der Waals surface area contributed by atoms with E-state index in [2.05, 4.69) is 0 Å². The number of fused-ring (bicyclic) bond motifs is 1. The molecule has 0 amide bonds. The molecule has 0 atom stereocenters. The van der Waals surface area contributed by atoms with Crippen LogP contribution in [0.1, 0.15) is 5.56 Å². The predicted molar refractivity (Wildman–Crippen MR) is 74.3 cm³/mol. The van der Waals surface area contributed by atoms with Gasteiger partial charge in [0.15, 0.2) is 0 Å². The Morgan fingerprint density at radius 3 is 2.68 bits per heavy atom. The first-order valence-corrected chi connectivity index (χ1v) is 5.97. The Morgan fingerprint density at radius 1 is 1.05 bits per heavy atom. The monoisotopic (exact) mass is 252 g/mol. The molecule has 3 aromatic rings. The zero-order valence-corrected chi connectivity index (χ0v) is 10.4. The van der Waals surface area contributed by atoms with Crippen molar-refractivity contribution < 1.29 is 9.52 Å². The van der Waals surface area contributed by atoms with Gasteiger partial charge in [0.2, 0.25) is 0 Å². The van der Waals surface area contributed by atoms with Gasteiger partial charge in [0.25, 0.3) is 0 Å². The SMILES string of the molecule is Cc1cccc(-c2cc3cc(O)ccc3oc2=O)c1. The normalized spacial score (nSPS) is 10.8. The Balaban J connectivity index is 2.29. The second-order valence-corrected chi connectivity index (χ2v) is 4.54. The molecule has 0 unspecified atom stereocenters. The molecule has 1 aromatic heterocycles. The molecule has 3 heteroatoms. The summed E-state index contributed by atoms with van der Waals surface area (Å²) in [4.78, 5) is 12.0. The van der Waals surface area contributed by atoms with Crippen LogP contribution in [0.5, 0.6) is 5.75 Å². The first-order valence-electron chi connectivity index (χ1n) is 5.97. The first kappa shape index (κ1) is 11.5. The van der Waals surface area contributed by atoms with Gasteiger partial charge >= 0.3 is 5.63 Å². The molecule has 0 aliphatic rings. The molecule has 0 radical (unpaired) electrons. The first-order chi connectivity index (χ1) is 9.13. The topological polar surface area (TPSA) is 50.4 Å². The van der Waals surface area contributed by atoms with Crippen molar-refractivity contribution >= 4 is 11.0 Å². The van der Waals surface area contributed by atoms with Crippen LogP contribution >= 0.6 is 0 Å². The molecular weight excluding hydrogens is 240 g/mol. The second-order valence-electron chi connectivity index (χ2n) is 4.54. The van der Waals surface area contributed by atoms with E-state index in [1.165, 1.54) is 6.07 Å². The minimum Gasteiger partial charge on any atom is -0.508 e. The van der Waals surface area contributed by atoms with Gasteiger partial charge in [-0.05, 0) is 36.8 Å². The van der Waals surface area contributed by atoms with Gasteiger partial charge in [-0.3, -0.25) is 0 Å². The lowest BCUT2D eigenvalue weighted by molar-refractivity contribution is 0.475. The highest BCUT2D eigenvalue weighted by Gasteiger charge is 2.08. The van der Waals surface area contributed by atoms with E-state index in [1.54, 1.807) is 18.2 Å². The molecule has 0 bridgehead atoms. The summed E-state index contributed by atoms with van der Waals surface area (Å²) in [7, 11) is 0. The average Bonchev–Trinajstić information content (AvgIpc) is 2.38. The number of hydrogen-bond acceptors (Lipinski definition) is 3. The summed E-state index contributed by atoms with van der Waals surface area (Å²) in [5, 5.41) is 10.2. The number of phenolic OH excluding ortho intramolecular Hbond substituents is 1. The highest BCUT2D eigenvalue weighted by atomic mass is 16.4. The fourth-order valence-corrected chi connectivity index (χ4v) is 2.12. The van der Waals surface area contributed by atoms with Crippen molar-refractivity contribution in [3.8, 4) is 16.9 Å². The van der Waals surface area contributed by atoms with Gasteiger partial charge in [-0.2, -0.15) is 0 Å². The Hall–Kier alpha value is -2.55. The van der Waals surface area contributed by atoms with E-state index in [1.807, 2.05) is 31.2 Å². The van der Waals surface area contributed by atoms with Crippen molar-refractivity contribution in [3.63, 3.8) is 0 Å². The highest BCUT2D eigenvalue weighted by Crippen LogP contribution is 2.24. The molecule has 19 heavy (non-hydrogen) atoms. The minimum absolute atomic E-state index is 0.150. The van der Waals surface area contributed by atoms with E-state index in [0.717, 1.165) is 11.1 Å². The molecule has 0 fully saturated rings. The summed E-state index contributed by atoms with van der Waals surface area (Å²) in [6, 6.07) is 14.1. The van der Waals surface area contributed by atoms with Gasteiger partial charge in [-0.25, -0.2) is 4.79 Å². The minimum atomic E-state index is -0.371. The molecule has 1 heterocycles. The summed E-state index contributed by atoms with van der Waals surface area (Å²) in [6.45, 7) is 1.97. The molecule has 1 N–H and O–H groups in total. The molecule has 0 saturated carbocycles. The lowest BCUT2D eigenvalue weighted by Crippen LogP contribution is -2.02. The maximum absolute atomic E-state index is 12.0. The van der Waals surface area contributed by atoms with Crippen molar-refractivity contribution in [2.75, 3.05) is 0 Å². The lowest BCUT2D eigenvalue weighted by atomic mass is 10.0. The van der Waals surface area contributed by atoms with Crippen molar-refractivity contribution in [2.45, 2.75) is 6.92 Å². The van der Waals surface area contributed by atoms with Crippen LogP contribution in [0.15, 0.2) is 57.7 Å². The van der Waals surface area contributed by atoms with Crippen molar-refractivity contribution in [1.29, 1.82) is 0 Å². The van der Waals surface area contributed by atoms with E-state index in [4.69, 9.17) is 4.42 Å². The standard InChI is InChI=1S/C16H12O3/c1-10-3-2-4-11(7-10)14-9-12-8-13(17)5-6-15(12)19-16(14)18/h2-9,17H,1H3. The van der Waals surface area contributed by atoms with Gasteiger partial charge in [0.1, 0.15) is 11.3 Å². The van der Waals surface area contributed by atoms with Crippen LogP contribution in [0.4, 0.5) is 0 Å². The van der Waals surface area contributed by atoms with Gasteiger partial charge in [0, 0.05) is 5.39 Å². The maximum atomic E-state index is 12.0. The summed E-state index contributed by atoms with van der Waals surface area (Å²) in [5.41, 5.74) is 2.50. The van der Waals surface area contributed by atoms with Crippen LogP contribution in [0.3, 0.4) is 0 Å². The summed E-state index contributed by atoms with van der Waals surface area (Å²) in [5.74, 6) is 0.150. The molecule has 0 saturated heterocycles. The molecule has 0 aliphatic carbocycles. The van der Waals surface area contributed by atoms with Crippen LogP contribution < -0.4 is 5.63 Å². The summed E-state index contributed by atoms with van der Waals surface area (Å²) >= 11 is 0. The van der Waals surface area contributed by atoms with Crippen molar-refractivity contribution in [2.24, 2.45) is 0 Å². The number of aryl methyl sites for hydroxylation is 1. The van der Waals surface area contributed by atoms with Crippen LogP contribution in [0.2, 0.25) is 0 Å². The highest BCUT2D eigenvalue weighted by molar-refractivity contribution is 5.82. The Labute approximate surface area is 109 Å². The van der Waals surface area contributed by atoms with Crippen molar-refractivity contribution in [3.05, 3.63) is 64.5 Å². The molecule has 0 aliphatic heterocycles. The lowest BCUT2D eigenvalue weighted by Gasteiger charge is -2.04. The van der Waals surface area contributed by atoms with Gasteiger partial charge in [0.05, 0.1) is 5.56 Å². The van der Waals surface area contributed by atoms with E-state index < -0.39 is 0 Å². The van der Waals surface area contributed by atoms with Crippen LogP contribution in [-0.2, 0) is 0 Å². The quantitative estimate of drug-likeness (QED) is 0.674. The smallest absolute Gasteiger partial charge is 0.344 e. The largest absolute Gasteiger partial charge is 0.508 e. The molecule has 2 aromatic carbocycles. The third kappa shape index (κ3) is 2.10. The third-order valence-electron chi connectivity index (χ3n) is 3.04. The van der Waals surface area contributed by atoms with Gasteiger partial charge in [-0.1, -0.05) is 29.8 Å². The van der Waals surface area contributed by atoms with E-state index in [9.17, 15) is 9.90 Å².